The van der Waals surface area contributed by atoms with Gasteiger partial charge < -0.3 is 0 Å². The topological polar surface area (TPSA) is 25.8 Å². The molecule has 0 amide bonds. The molecule has 0 bridgehead atoms. The molecule has 0 atom stereocenters. The number of thiophene rings is 8. The molecular weight excluding hydrogens is 837 g/mol. The van der Waals surface area contributed by atoms with Crippen molar-refractivity contribution >= 4 is 90.7 Å². The lowest BCUT2D eigenvalue weighted by molar-refractivity contribution is 1.34. The molecule has 56 heavy (non-hydrogen) atoms. The molecule has 0 saturated heterocycles. The van der Waals surface area contributed by atoms with Gasteiger partial charge in [-0.15, -0.1) is 90.7 Å². The van der Waals surface area contributed by atoms with E-state index in [9.17, 15) is 0 Å². The quantitative estimate of drug-likeness (QED) is 0.142. The van der Waals surface area contributed by atoms with Crippen LogP contribution in [0.1, 0.15) is 11.1 Å². The summed E-state index contributed by atoms with van der Waals surface area (Å²) < 4.78 is 0. The van der Waals surface area contributed by atoms with Gasteiger partial charge in [-0.2, -0.15) is 0 Å². The molecule has 10 heteroatoms. The van der Waals surface area contributed by atoms with Crippen LogP contribution in [0, 0.1) is 23.7 Å². The molecule has 0 unspecified atom stereocenters. The van der Waals surface area contributed by atoms with E-state index in [2.05, 4.69) is 164 Å². The Kier molecular flexibility index (Phi) is 10.0. The number of nitrogens with zero attached hydrogens (tertiary/aromatic N) is 2. The molecule has 10 rings (SSSR count). The van der Waals surface area contributed by atoms with E-state index < -0.39 is 0 Å². The number of aromatic nitrogens is 2. The Balaban J connectivity index is 1.25. The lowest BCUT2D eigenvalue weighted by atomic mass is 9.94. The van der Waals surface area contributed by atoms with Crippen LogP contribution in [0.3, 0.4) is 0 Å². The minimum Gasteiger partial charge on any atom is -0.244 e. The highest BCUT2D eigenvalue weighted by Gasteiger charge is 2.27. The molecule has 0 spiro atoms. The summed E-state index contributed by atoms with van der Waals surface area (Å²) in [5.74, 6) is 14.0. The first-order valence-corrected chi connectivity index (χ1v) is 24.3. The van der Waals surface area contributed by atoms with Crippen molar-refractivity contribution in [3.63, 3.8) is 0 Å². The molecule has 10 aromatic rings. The number of hydrogen-bond acceptors (Lipinski definition) is 10. The summed E-state index contributed by atoms with van der Waals surface area (Å²) >= 11 is 13.7. The van der Waals surface area contributed by atoms with Crippen LogP contribution < -0.4 is 0 Å². The summed E-state index contributed by atoms with van der Waals surface area (Å²) in [5.41, 5.74) is 9.88. The van der Waals surface area contributed by atoms with E-state index in [1.54, 1.807) is 90.7 Å². The van der Waals surface area contributed by atoms with Gasteiger partial charge in [0.25, 0.3) is 0 Å². The molecule has 0 radical (unpaired) electrons. The fourth-order valence-electron chi connectivity index (χ4n) is 6.62. The van der Waals surface area contributed by atoms with E-state index in [-0.39, 0.29) is 0 Å². The third-order valence-corrected chi connectivity index (χ3v) is 16.0. The maximum atomic E-state index is 5.47. The van der Waals surface area contributed by atoms with Crippen LogP contribution in [0.2, 0.25) is 0 Å². The van der Waals surface area contributed by atoms with Crippen LogP contribution in [0.25, 0.3) is 84.0 Å². The van der Waals surface area contributed by atoms with Gasteiger partial charge in [0.15, 0.2) is 0 Å². The van der Waals surface area contributed by atoms with E-state index >= 15 is 0 Å². The van der Waals surface area contributed by atoms with Gasteiger partial charge in [0.2, 0.25) is 0 Å². The van der Waals surface area contributed by atoms with Gasteiger partial charge in [-0.3, -0.25) is 0 Å². The number of hydrogen-bond donors (Lipinski definition) is 0. The highest BCUT2D eigenvalue weighted by atomic mass is 32.1. The van der Waals surface area contributed by atoms with Crippen LogP contribution >= 0.6 is 90.7 Å². The van der Waals surface area contributed by atoms with Crippen molar-refractivity contribution in [3.8, 4) is 108 Å². The van der Waals surface area contributed by atoms with E-state index in [4.69, 9.17) is 9.97 Å². The molecule has 2 nitrogen and oxygen atoms in total. The van der Waals surface area contributed by atoms with Crippen molar-refractivity contribution in [1.82, 2.24) is 9.97 Å². The molecule has 266 valence electrons. The average molecular weight is 861 g/mol. The van der Waals surface area contributed by atoms with Crippen LogP contribution in [-0.2, 0) is 0 Å². The van der Waals surface area contributed by atoms with Gasteiger partial charge in [-0.05, 0) is 115 Å². The third-order valence-electron chi connectivity index (χ3n) is 8.92. The Bertz CT molecular complexity index is 2770. The fraction of sp³-hybridized carbons (Fsp3) is 0. The summed E-state index contributed by atoms with van der Waals surface area (Å²) in [6, 6.07) is 34.2. The van der Waals surface area contributed by atoms with Crippen LogP contribution in [-0.4, -0.2) is 9.97 Å². The lowest BCUT2D eigenvalue weighted by Crippen LogP contribution is -1.99. The Morgan fingerprint density at radius 2 is 0.536 bits per heavy atom. The first-order valence-electron chi connectivity index (χ1n) is 17.3. The van der Waals surface area contributed by atoms with Gasteiger partial charge >= 0.3 is 0 Å². The first-order chi connectivity index (χ1) is 27.8. The molecule has 10 heterocycles. The Hall–Kier alpha value is -4.98. The van der Waals surface area contributed by atoms with Crippen molar-refractivity contribution in [2.75, 3.05) is 0 Å². The second kappa shape index (κ2) is 15.9. The first kappa shape index (κ1) is 35.4. The lowest BCUT2D eigenvalue weighted by Gasteiger charge is -2.17. The monoisotopic (exact) mass is 860 g/mol. The van der Waals surface area contributed by atoms with E-state index in [0.717, 1.165) is 95.2 Å². The average Bonchev–Trinajstić information content (AvgIpc) is 4.08. The zero-order valence-corrected chi connectivity index (χ0v) is 35.5. The summed E-state index contributed by atoms with van der Waals surface area (Å²) in [5, 5.41) is 17.0. The van der Waals surface area contributed by atoms with Gasteiger partial charge in [0.1, 0.15) is 0 Å². The molecule has 0 aliphatic rings. The molecular formula is C46H24N2S8. The zero-order valence-electron chi connectivity index (χ0n) is 29.0. The molecule has 0 N–H and O–H groups in total. The van der Waals surface area contributed by atoms with Gasteiger partial charge in [0.05, 0.1) is 53.4 Å². The van der Waals surface area contributed by atoms with Crippen LogP contribution in [0.5, 0.6) is 0 Å². The van der Waals surface area contributed by atoms with Crippen molar-refractivity contribution in [2.24, 2.45) is 0 Å². The molecule has 0 saturated carbocycles. The predicted octanol–water partition coefficient (Wildman–Crippen LogP) is 15.7. The maximum absolute atomic E-state index is 5.47. The molecule has 10 aromatic heterocycles. The summed E-state index contributed by atoms with van der Waals surface area (Å²) in [4.78, 5) is 20.0. The molecule has 0 aromatic carbocycles. The minimum absolute atomic E-state index is 0.877. The molecule has 0 aliphatic carbocycles. The van der Waals surface area contributed by atoms with Crippen molar-refractivity contribution in [3.05, 3.63) is 151 Å². The normalized spacial score (nSPS) is 10.9. The predicted molar refractivity (Wildman–Crippen MR) is 249 cm³/mol. The maximum Gasteiger partial charge on any atom is 0.0973 e. The Morgan fingerprint density at radius 3 is 0.804 bits per heavy atom. The van der Waals surface area contributed by atoms with Gasteiger partial charge in [-0.1, -0.05) is 48.5 Å². The Labute approximate surface area is 356 Å². The largest absolute Gasteiger partial charge is 0.244 e. The van der Waals surface area contributed by atoms with Gasteiger partial charge in [0, 0.05) is 41.8 Å². The zero-order chi connectivity index (χ0) is 37.3. The van der Waals surface area contributed by atoms with E-state index in [1.165, 1.54) is 0 Å². The summed E-state index contributed by atoms with van der Waals surface area (Å²) in [6.07, 6.45) is 0. The Morgan fingerprint density at radius 1 is 0.286 bits per heavy atom. The van der Waals surface area contributed by atoms with Crippen molar-refractivity contribution in [1.29, 1.82) is 0 Å². The SMILES string of the molecule is C(C#Cc1c(-c2cccs2)nc(-c2cccs2)c(-c2cccs2)c1-c1cccs1)#Cc1c(-c2cccs2)nc(-c2cccs2)c(-c2cccs2)c1-c1cccs1. The molecule has 0 fully saturated rings. The van der Waals surface area contributed by atoms with Crippen molar-refractivity contribution in [2.45, 2.75) is 0 Å². The van der Waals surface area contributed by atoms with Crippen molar-refractivity contribution < 1.29 is 0 Å². The third kappa shape index (κ3) is 6.69. The van der Waals surface area contributed by atoms with Gasteiger partial charge in [-0.25, -0.2) is 9.97 Å². The second-order valence-electron chi connectivity index (χ2n) is 12.2. The highest BCUT2D eigenvalue weighted by molar-refractivity contribution is 7.16. The highest BCUT2D eigenvalue weighted by Crippen LogP contribution is 2.49. The fourth-order valence-corrected chi connectivity index (χ4v) is 12.6. The van der Waals surface area contributed by atoms with E-state index in [0.29, 0.717) is 0 Å². The standard InChI is InChI=1S/C46H24N2S8/c1(11-29-39(31-13-3-21-49-31)41(33-15-5-23-51-33)45(37-19-9-27-55-37)47-43(29)35-17-7-25-53-35)2-12-30-40(32-14-4-22-50-32)42(34-16-6-24-52-34)46(38-20-10-28-56-38)48-44(30)36-18-8-26-54-36/h3-10,13-28H. The van der Waals surface area contributed by atoms with E-state index in [1.807, 2.05) is 0 Å². The van der Waals surface area contributed by atoms with Crippen LogP contribution in [0.4, 0.5) is 0 Å². The summed E-state index contributed by atoms with van der Waals surface area (Å²) in [6.45, 7) is 0. The molecule has 0 aliphatic heterocycles. The smallest absolute Gasteiger partial charge is 0.0973 e. The number of pyridine rings is 2. The van der Waals surface area contributed by atoms with Crippen LogP contribution in [0.15, 0.2) is 140 Å². The minimum atomic E-state index is 0.877. The second-order valence-corrected chi connectivity index (χ2v) is 19.8. The summed E-state index contributed by atoms with van der Waals surface area (Å²) in [7, 11) is 0. The number of rotatable bonds is 8.